The monoisotopic (exact) mass is 428 g/mol. The van der Waals surface area contributed by atoms with Crippen LogP contribution in [0.4, 0.5) is 5.95 Å². The Bertz CT molecular complexity index is 1200. The second kappa shape index (κ2) is 8.91. The number of hydrogen-bond acceptors (Lipinski definition) is 4. The highest BCUT2D eigenvalue weighted by molar-refractivity contribution is 5.80. The van der Waals surface area contributed by atoms with E-state index in [0.29, 0.717) is 6.54 Å². The molecule has 1 aliphatic rings. The Morgan fingerprint density at radius 1 is 1.06 bits per heavy atom. The third-order valence-electron chi connectivity index (χ3n) is 6.39. The van der Waals surface area contributed by atoms with Crippen LogP contribution in [0, 0.1) is 12.8 Å². The van der Waals surface area contributed by atoms with Crippen LogP contribution < -0.4 is 10.2 Å². The van der Waals surface area contributed by atoms with E-state index in [-0.39, 0.29) is 11.8 Å². The SMILES string of the molecule is Cc1ccccc1Cn1c(N2CCC(C(=O)NCc3ccco3)CC2)nc2ccccc21. The number of piperidine rings is 1. The molecule has 1 aliphatic heterocycles. The Hall–Kier alpha value is -3.54. The number of anilines is 1. The fourth-order valence-corrected chi connectivity index (χ4v) is 4.49. The first kappa shape index (κ1) is 20.4. The number of aryl methyl sites for hydroxylation is 1. The van der Waals surface area contributed by atoms with Gasteiger partial charge in [0.25, 0.3) is 0 Å². The summed E-state index contributed by atoms with van der Waals surface area (Å²) in [6.45, 7) is 5.01. The lowest BCUT2D eigenvalue weighted by molar-refractivity contribution is -0.125. The van der Waals surface area contributed by atoms with Gasteiger partial charge in [0.1, 0.15) is 5.76 Å². The van der Waals surface area contributed by atoms with Crippen LogP contribution in [-0.2, 0) is 17.9 Å². The van der Waals surface area contributed by atoms with Crippen LogP contribution in [0.5, 0.6) is 0 Å². The molecule has 32 heavy (non-hydrogen) atoms. The van der Waals surface area contributed by atoms with Crippen molar-refractivity contribution in [2.75, 3.05) is 18.0 Å². The van der Waals surface area contributed by atoms with Gasteiger partial charge in [0, 0.05) is 19.0 Å². The molecule has 6 nitrogen and oxygen atoms in total. The van der Waals surface area contributed by atoms with E-state index in [4.69, 9.17) is 9.40 Å². The normalized spacial score (nSPS) is 14.7. The van der Waals surface area contributed by atoms with Crippen molar-refractivity contribution in [1.82, 2.24) is 14.9 Å². The molecule has 6 heteroatoms. The quantitative estimate of drug-likeness (QED) is 0.491. The van der Waals surface area contributed by atoms with Gasteiger partial charge in [0.05, 0.1) is 30.4 Å². The number of aromatic nitrogens is 2. The Morgan fingerprint density at radius 3 is 2.62 bits per heavy atom. The zero-order valence-corrected chi connectivity index (χ0v) is 18.3. The summed E-state index contributed by atoms with van der Waals surface area (Å²) in [5, 5.41) is 3.01. The fourth-order valence-electron chi connectivity index (χ4n) is 4.49. The van der Waals surface area contributed by atoms with Crippen molar-refractivity contribution >= 4 is 22.9 Å². The van der Waals surface area contributed by atoms with E-state index in [2.05, 4.69) is 64.2 Å². The summed E-state index contributed by atoms with van der Waals surface area (Å²) in [4.78, 5) is 19.9. The summed E-state index contributed by atoms with van der Waals surface area (Å²) in [6, 6.07) is 20.5. The van der Waals surface area contributed by atoms with Gasteiger partial charge in [0.15, 0.2) is 0 Å². The molecule has 5 rings (SSSR count). The molecule has 1 N–H and O–H groups in total. The standard InChI is InChI=1S/C26H28N4O2/c1-19-7-2-3-8-21(19)18-30-24-11-5-4-10-23(24)28-26(30)29-14-12-20(13-15-29)25(31)27-17-22-9-6-16-32-22/h2-11,16,20H,12-15,17-18H2,1H3,(H,27,31). The first-order chi connectivity index (χ1) is 15.7. The highest BCUT2D eigenvalue weighted by Gasteiger charge is 2.27. The maximum atomic E-state index is 12.6. The molecule has 0 spiro atoms. The molecule has 1 saturated heterocycles. The van der Waals surface area contributed by atoms with Crippen molar-refractivity contribution in [3.05, 3.63) is 83.8 Å². The Labute approximate surface area is 187 Å². The molecule has 3 heterocycles. The largest absolute Gasteiger partial charge is 0.467 e. The van der Waals surface area contributed by atoms with Crippen molar-refractivity contribution in [2.24, 2.45) is 5.92 Å². The molecule has 0 bridgehead atoms. The maximum absolute atomic E-state index is 12.6. The van der Waals surface area contributed by atoms with Gasteiger partial charge in [-0.25, -0.2) is 4.98 Å². The second-order valence-electron chi connectivity index (χ2n) is 8.47. The van der Waals surface area contributed by atoms with Gasteiger partial charge in [-0.3, -0.25) is 4.79 Å². The van der Waals surface area contributed by atoms with Gasteiger partial charge in [-0.1, -0.05) is 36.4 Å². The molecular formula is C26H28N4O2. The number of para-hydroxylation sites is 2. The van der Waals surface area contributed by atoms with Crippen LogP contribution in [-0.4, -0.2) is 28.5 Å². The lowest BCUT2D eigenvalue weighted by atomic mass is 9.96. The van der Waals surface area contributed by atoms with Crippen LogP contribution in [0.25, 0.3) is 11.0 Å². The number of nitrogens with one attached hydrogen (secondary N) is 1. The van der Waals surface area contributed by atoms with Crippen molar-refractivity contribution < 1.29 is 9.21 Å². The summed E-state index contributed by atoms with van der Waals surface area (Å²) >= 11 is 0. The molecule has 2 aromatic heterocycles. The number of imidazole rings is 1. The highest BCUT2D eigenvalue weighted by Crippen LogP contribution is 2.28. The Kier molecular flexibility index (Phi) is 5.67. The molecule has 0 atom stereocenters. The maximum Gasteiger partial charge on any atom is 0.223 e. The van der Waals surface area contributed by atoms with E-state index in [1.54, 1.807) is 6.26 Å². The third-order valence-corrected chi connectivity index (χ3v) is 6.39. The minimum Gasteiger partial charge on any atom is -0.467 e. The number of carbonyl (C=O) groups excluding carboxylic acids is 1. The van der Waals surface area contributed by atoms with Gasteiger partial charge < -0.3 is 19.2 Å². The third kappa shape index (κ3) is 4.13. The summed E-state index contributed by atoms with van der Waals surface area (Å²) in [5.41, 5.74) is 4.73. The zero-order chi connectivity index (χ0) is 21.9. The van der Waals surface area contributed by atoms with Crippen LogP contribution in [0.1, 0.15) is 29.7 Å². The van der Waals surface area contributed by atoms with Gasteiger partial charge in [-0.2, -0.15) is 0 Å². The summed E-state index contributed by atoms with van der Waals surface area (Å²) in [6.07, 6.45) is 3.26. The fraction of sp³-hybridized carbons (Fsp3) is 0.308. The predicted molar refractivity (Wildman–Crippen MR) is 126 cm³/mol. The first-order valence-corrected chi connectivity index (χ1v) is 11.2. The van der Waals surface area contributed by atoms with Crippen molar-refractivity contribution in [2.45, 2.75) is 32.9 Å². The molecule has 1 amide bonds. The predicted octanol–water partition coefficient (Wildman–Crippen LogP) is 4.52. The van der Waals surface area contributed by atoms with Gasteiger partial charge in [-0.05, 0) is 55.2 Å². The molecular weight excluding hydrogens is 400 g/mol. The number of carbonyl (C=O) groups is 1. The number of rotatable bonds is 6. The number of hydrogen-bond donors (Lipinski definition) is 1. The lowest BCUT2D eigenvalue weighted by Crippen LogP contribution is -2.41. The lowest BCUT2D eigenvalue weighted by Gasteiger charge is -2.32. The number of furan rings is 1. The first-order valence-electron chi connectivity index (χ1n) is 11.2. The van der Waals surface area contributed by atoms with E-state index in [9.17, 15) is 4.79 Å². The van der Waals surface area contributed by atoms with E-state index in [1.807, 2.05) is 18.2 Å². The Morgan fingerprint density at radius 2 is 1.84 bits per heavy atom. The van der Waals surface area contributed by atoms with Gasteiger partial charge in [-0.15, -0.1) is 0 Å². The number of fused-ring (bicyclic) bond motifs is 1. The highest BCUT2D eigenvalue weighted by atomic mass is 16.3. The van der Waals surface area contributed by atoms with E-state index in [1.165, 1.54) is 11.1 Å². The molecule has 0 unspecified atom stereocenters. The smallest absolute Gasteiger partial charge is 0.223 e. The average Bonchev–Trinajstić information content (AvgIpc) is 3.47. The molecule has 0 radical (unpaired) electrons. The Balaban J connectivity index is 1.32. The van der Waals surface area contributed by atoms with Crippen molar-refractivity contribution in [3.8, 4) is 0 Å². The number of amides is 1. The molecule has 0 aliphatic carbocycles. The average molecular weight is 429 g/mol. The van der Waals surface area contributed by atoms with Crippen LogP contribution in [0.3, 0.4) is 0 Å². The van der Waals surface area contributed by atoms with E-state index < -0.39 is 0 Å². The minimum atomic E-state index is 0.0235. The molecule has 164 valence electrons. The number of benzene rings is 2. The molecule has 2 aromatic carbocycles. The van der Waals surface area contributed by atoms with Crippen LogP contribution >= 0.6 is 0 Å². The number of nitrogens with zero attached hydrogens (tertiary/aromatic N) is 3. The van der Waals surface area contributed by atoms with Crippen molar-refractivity contribution in [3.63, 3.8) is 0 Å². The van der Waals surface area contributed by atoms with Crippen LogP contribution in [0.2, 0.25) is 0 Å². The molecule has 1 fully saturated rings. The minimum absolute atomic E-state index is 0.0235. The summed E-state index contributed by atoms with van der Waals surface area (Å²) in [7, 11) is 0. The topological polar surface area (TPSA) is 63.3 Å². The van der Waals surface area contributed by atoms with Gasteiger partial charge >= 0.3 is 0 Å². The van der Waals surface area contributed by atoms with E-state index in [0.717, 1.165) is 55.2 Å². The van der Waals surface area contributed by atoms with Crippen LogP contribution in [0.15, 0.2) is 71.3 Å². The summed E-state index contributed by atoms with van der Waals surface area (Å²) < 4.78 is 7.63. The van der Waals surface area contributed by atoms with Crippen molar-refractivity contribution in [1.29, 1.82) is 0 Å². The molecule has 4 aromatic rings. The molecule has 0 saturated carbocycles. The summed E-state index contributed by atoms with van der Waals surface area (Å²) in [5.74, 6) is 1.90. The van der Waals surface area contributed by atoms with E-state index >= 15 is 0 Å². The van der Waals surface area contributed by atoms with Gasteiger partial charge in [0.2, 0.25) is 11.9 Å². The zero-order valence-electron chi connectivity index (χ0n) is 18.3. The second-order valence-corrected chi connectivity index (χ2v) is 8.47.